The normalized spacial score (nSPS) is 14.6. The molecule has 0 bridgehead atoms. The average molecular weight is 354 g/mol. The van der Waals surface area contributed by atoms with Crippen LogP contribution in [0.25, 0.3) is 11.3 Å². The molecule has 6 nitrogen and oxygen atoms in total. The van der Waals surface area contributed by atoms with E-state index in [4.69, 9.17) is 14.0 Å². The first-order valence-electron chi connectivity index (χ1n) is 8.06. The number of carbonyl (C=O) groups is 1. The maximum absolute atomic E-state index is 12.7. The number of hydrogen-bond acceptors (Lipinski definition) is 6. The second kappa shape index (κ2) is 5.63. The highest BCUT2D eigenvalue weighted by atomic mass is 32.1. The molecule has 0 unspecified atom stereocenters. The van der Waals surface area contributed by atoms with Crippen molar-refractivity contribution in [3.63, 3.8) is 0 Å². The van der Waals surface area contributed by atoms with Gasteiger partial charge in [0, 0.05) is 27.8 Å². The highest BCUT2D eigenvalue weighted by Crippen LogP contribution is 2.38. The third-order valence-corrected chi connectivity index (χ3v) is 5.38. The van der Waals surface area contributed by atoms with Crippen LogP contribution in [0, 0.1) is 0 Å². The van der Waals surface area contributed by atoms with E-state index < -0.39 is 0 Å². The monoisotopic (exact) mass is 354 g/mol. The zero-order chi connectivity index (χ0) is 16.8. The average Bonchev–Trinajstić information content (AvgIpc) is 3.27. The van der Waals surface area contributed by atoms with Gasteiger partial charge < -0.3 is 19.3 Å². The lowest BCUT2D eigenvalue weighted by Gasteiger charge is -2.19. The predicted octanol–water partition coefficient (Wildman–Crippen LogP) is 3.53. The van der Waals surface area contributed by atoms with Gasteiger partial charge in [0.25, 0.3) is 5.91 Å². The Kier molecular flexibility index (Phi) is 3.27. The van der Waals surface area contributed by atoms with Gasteiger partial charge in [-0.3, -0.25) is 4.79 Å². The van der Waals surface area contributed by atoms with Gasteiger partial charge in [0.1, 0.15) is 13.2 Å². The predicted molar refractivity (Wildman–Crippen MR) is 92.6 cm³/mol. The number of rotatable bonds is 2. The molecule has 126 valence electrons. The zero-order valence-electron chi connectivity index (χ0n) is 13.2. The Hall–Kier alpha value is -2.80. The van der Waals surface area contributed by atoms with Crippen LogP contribution in [-0.2, 0) is 12.8 Å². The van der Waals surface area contributed by atoms with Crippen molar-refractivity contribution in [2.75, 3.05) is 18.5 Å². The van der Waals surface area contributed by atoms with Crippen molar-refractivity contribution in [2.24, 2.45) is 0 Å². The van der Waals surface area contributed by atoms with Crippen molar-refractivity contribution in [3.05, 3.63) is 45.8 Å². The molecule has 0 saturated heterocycles. The third-order valence-electron chi connectivity index (χ3n) is 4.40. The fraction of sp³-hybridized carbons (Fsp3) is 0.222. The molecule has 1 aliphatic heterocycles. The molecule has 1 amide bonds. The van der Waals surface area contributed by atoms with Crippen molar-refractivity contribution in [2.45, 2.75) is 12.8 Å². The van der Waals surface area contributed by atoms with Crippen LogP contribution in [0.4, 0.5) is 5.69 Å². The molecule has 3 heterocycles. The molecule has 3 aromatic rings. The van der Waals surface area contributed by atoms with E-state index in [9.17, 15) is 4.79 Å². The van der Waals surface area contributed by atoms with Crippen LogP contribution >= 0.6 is 11.3 Å². The SMILES string of the molecule is O=C(Nc1ccc2c(c1)OCCO2)c1noc2c1CCc1sccc1-2. The highest BCUT2D eigenvalue weighted by molar-refractivity contribution is 7.10. The van der Waals surface area contributed by atoms with E-state index in [-0.39, 0.29) is 5.91 Å². The molecule has 5 rings (SSSR count). The van der Waals surface area contributed by atoms with Crippen LogP contribution in [-0.4, -0.2) is 24.3 Å². The molecule has 0 fully saturated rings. The molecule has 0 atom stereocenters. The lowest BCUT2D eigenvalue weighted by molar-refractivity contribution is 0.101. The first kappa shape index (κ1) is 14.5. The third kappa shape index (κ3) is 2.39. The summed E-state index contributed by atoms with van der Waals surface area (Å²) in [6.45, 7) is 1.04. The summed E-state index contributed by atoms with van der Waals surface area (Å²) in [6, 6.07) is 7.36. The molecule has 1 aliphatic carbocycles. The quantitative estimate of drug-likeness (QED) is 0.762. The Balaban J connectivity index is 1.43. The zero-order valence-corrected chi connectivity index (χ0v) is 14.0. The second-order valence-corrected chi connectivity index (χ2v) is 6.91. The van der Waals surface area contributed by atoms with Crippen LogP contribution in [0.3, 0.4) is 0 Å². The molecule has 1 aromatic carbocycles. The lowest BCUT2D eigenvalue weighted by atomic mass is 9.95. The van der Waals surface area contributed by atoms with Gasteiger partial charge in [0.15, 0.2) is 23.0 Å². The Labute approximate surface area is 147 Å². The smallest absolute Gasteiger partial charge is 0.278 e. The van der Waals surface area contributed by atoms with E-state index in [1.165, 1.54) is 4.88 Å². The van der Waals surface area contributed by atoms with Crippen molar-refractivity contribution >= 4 is 22.9 Å². The Bertz CT molecular complexity index is 975. The number of carbonyl (C=O) groups excluding carboxylic acids is 1. The Morgan fingerprint density at radius 2 is 2.00 bits per heavy atom. The van der Waals surface area contributed by atoms with Crippen LogP contribution in [0.1, 0.15) is 20.9 Å². The fourth-order valence-corrected chi connectivity index (χ4v) is 4.09. The maximum atomic E-state index is 12.7. The van der Waals surface area contributed by atoms with Crippen LogP contribution in [0.2, 0.25) is 0 Å². The van der Waals surface area contributed by atoms with Gasteiger partial charge in [0.05, 0.1) is 0 Å². The summed E-state index contributed by atoms with van der Waals surface area (Å²) in [5.41, 5.74) is 2.91. The van der Waals surface area contributed by atoms with E-state index in [0.29, 0.717) is 36.1 Å². The molecule has 0 saturated carbocycles. The van der Waals surface area contributed by atoms with E-state index >= 15 is 0 Å². The number of nitrogens with one attached hydrogen (secondary N) is 1. The summed E-state index contributed by atoms with van der Waals surface area (Å²) in [4.78, 5) is 13.9. The number of thiophene rings is 1. The largest absolute Gasteiger partial charge is 0.486 e. The molecule has 25 heavy (non-hydrogen) atoms. The number of nitrogens with zero attached hydrogens (tertiary/aromatic N) is 1. The minimum Gasteiger partial charge on any atom is -0.486 e. The Morgan fingerprint density at radius 1 is 1.12 bits per heavy atom. The van der Waals surface area contributed by atoms with Gasteiger partial charge in [-0.1, -0.05) is 5.16 Å². The first-order chi connectivity index (χ1) is 12.3. The second-order valence-electron chi connectivity index (χ2n) is 5.91. The first-order valence-corrected chi connectivity index (χ1v) is 8.94. The lowest BCUT2D eigenvalue weighted by Crippen LogP contribution is -2.17. The van der Waals surface area contributed by atoms with Gasteiger partial charge in [-0.05, 0) is 36.4 Å². The van der Waals surface area contributed by atoms with Gasteiger partial charge >= 0.3 is 0 Å². The van der Waals surface area contributed by atoms with Crippen molar-refractivity contribution < 1.29 is 18.8 Å². The molecule has 1 N–H and O–H groups in total. The van der Waals surface area contributed by atoms with E-state index in [1.54, 1.807) is 29.5 Å². The van der Waals surface area contributed by atoms with E-state index in [0.717, 1.165) is 29.7 Å². The summed E-state index contributed by atoms with van der Waals surface area (Å²) in [5.74, 6) is 1.76. The molecule has 2 aromatic heterocycles. The van der Waals surface area contributed by atoms with Crippen molar-refractivity contribution in [1.82, 2.24) is 5.16 Å². The maximum Gasteiger partial charge on any atom is 0.278 e. The van der Waals surface area contributed by atoms with Crippen LogP contribution < -0.4 is 14.8 Å². The van der Waals surface area contributed by atoms with Crippen molar-refractivity contribution in [3.8, 4) is 22.8 Å². The number of ether oxygens (including phenoxy) is 2. The minimum atomic E-state index is -0.277. The van der Waals surface area contributed by atoms with Gasteiger partial charge in [0.2, 0.25) is 0 Å². The summed E-state index contributed by atoms with van der Waals surface area (Å²) in [6.07, 6.45) is 1.67. The minimum absolute atomic E-state index is 0.277. The molecular weight excluding hydrogens is 340 g/mol. The number of benzene rings is 1. The Morgan fingerprint density at radius 3 is 2.92 bits per heavy atom. The summed E-state index contributed by atoms with van der Waals surface area (Å²) in [7, 11) is 0. The van der Waals surface area contributed by atoms with E-state index in [2.05, 4.69) is 10.5 Å². The van der Waals surface area contributed by atoms with Gasteiger partial charge in [-0.15, -0.1) is 11.3 Å². The highest BCUT2D eigenvalue weighted by Gasteiger charge is 2.28. The van der Waals surface area contributed by atoms with Gasteiger partial charge in [-0.2, -0.15) is 0 Å². The summed E-state index contributed by atoms with van der Waals surface area (Å²) in [5, 5.41) is 8.93. The van der Waals surface area contributed by atoms with Crippen LogP contribution in [0.15, 0.2) is 34.2 Å². The molecule has 0 radical (unpaired) electrons. The molecule has 7 heteroatoms. The fourth-order valence-electron chi connectivity index (χ4n) is 3.22. The van der Waals surface area contributed by atoms with Crippen molar-refractivity contribution in [1.29, 1.82) is 0 Å². The number of fused-ring (bicyclic) bond motifs is 4. The standard InChI is InChI=1S/C18H14N2O4S/c21-18(19-10-1-3-13-14(9-10)23-7-6-22-13)16-12-2-4-15-11(5-8-25-15)17(12)24-20-16/h1,3,5,8-9H,2,4,6-7H2,(H,19,21). The van der Waals surface area contributed by atoms with Gasteiger partial charge in [-0.25, -0.2) is 0 Å². The summed E-state index contributed by atoms with van der Waals surface area (Å²) >= 11 is 1.71. The molecule has 0 spiro atoms. The topological polar surface area (TPSA) is 73.6 Å². The van der Waals surface area contributed by atoms with Crippen LogP contribution in [0.5, 0.6) is 11.5 Å². The summed E-state index contributed by atoms with van der Waals surface area (Å²) < 4.78 is 16.5. The number of hydrogen-bond donors (Lipinski definition) is 1. The van der Waals surface area contributed by atoms with E-state index in [1.807, 2.05) is 11.4 Å². The number of aromatic nitrogens is 1. The number of anilines is 1. The number of aryl methyl sites for hydroxylation is 1. The number of amides is 1. The molecule has 2 aliphatic rings. The molecular formula is C18H14N2O4S.